The first-order chi connectivity index (χ1) is 17.8. The SMILES string of the molecule is COc1cc(Nc2cccc(OCc3ccccc3)c2C#CC(C)(C)CO[Si](C)(C)C(C)(C)C)ccc1F. The first-order valence-corrected chi connectivity index (χ1v) is 15.8. The molecule has 3 aromatic carbocycles. The fraction of sp³-hybridized carbons (Fsp3) is 0.375. The summed E-state index contributed by atoms with van der Waals surface area (Å²) in [5.41, 5.74) is 2.87. The molecule has 0 radical (unpaired) electrons. The molecule has 0 amide bonds. The van der Waals surface area contributed by atoms with Gasteiger partial charge in [0, 0.05) is 23.8 Å². The lowest BCUT2D eigenvalue weighted by Crippen LogP contribution is -2.42. The van der Waals surface area contributed by atoms with Crippen molar-refractivity contribution in [2.75, 3.05) is 19.0 Å². The van der Waals surface area contributed by atoms with E-state index in [9.17, 15) is 4.39 Å². The maximum atomic E-state index is 14.0. The molecule has 0 saturated carbocycles. The average Bonchev–Trinajstić information content (AvgIpc) is 2.87. The fourth-order valence-electron chi connectivity index (χ4n) is 3.36. The molecule has 0 aliphatic rings. The van der Waals surface area contributed by atoms with E-state index in [1.165, 1.54) is 13.2 Å². The van der Waals surface area contributed by atoms with E-state index in [0.29, 0.717) is 24.7 Å². The van der Waals surface area contributed by atoms with Gasteiger partial charge in [-0.2, -0.15) is 0 Å². The highest BCUT2D eigenvalue weighted by Gasteiger charge is 2.38. The molecular weight excluding hydrogens is 493 g/mol. The van der Waals surface area contributed by atoms with Crippen LogP contribution in [0.1, 0.15) is 45.7 Å². The summed E-state index contributed by atoms with van der Waals surface area (Å²) in [4.78, 5) is 0. The van der Waals surface area contributed by atoms with Crippen LogP contribution in [0.2, 0.25) is 18.1 Å². The van der Waals surface area contributed by atoms with Crippen LogP contribution in [0.15, 0.2) is 66.7 Å². The number of ether oxygens (including phenoxy) is 2. The lowest BCUT2D eigenvalue weighted by atomic mass is 9.95. The van der Waals surface area contributed by atoms with Crippen molar-refractivity contribution in [3.63, 3.8) is 0 Å². The molecule has 0 bridgehead atoms. The standard InChI is InChI=1S/C32H40FNO3Si/c1-31(2,3)38(7,8)37-23-32(4,5)20-19-26-28(34-25-17-18-27(33)30(21-25)35-6)15-12-16-29(26)36-22-24-13-10-9-11-14-24/h9-18,21,34H,22-23H2,1-8H3. The lowest BCUT2D eigenvalue weighted by Gasteiger charge is -2.38. The van der Waals surface area contributed by atoms with Gasteiger partial charge in [0.05, 0.1) is 18.4 Å². The van der Waals surface area contributed by atoms with Crippen LogP contribution in [-0.4, -0.2) is 22.0 Å². The zero-order valence-electron chi connectivity index (χ0n) is 23.9. The summed E-state index contributed by atoms with van der Waals surface area (Å²) in [6.07, 6.45) is 0. The number of benzene rings is 3. The topological polar surface area (TPSA) is 39.7 Å². The van der Waals surface area contributed by atoms with E-state index < -0.39 is 14.1 Å². The van der Waals surface area contributed by atoms with Crippen LogP contribution < -0.4 is 14.8 Å². The molecule has 0 unspecified atom stereocenters. The monoisotopic (exact) mass is 533 g/mol. The van der Waals surface area contributed by atoms with Crippen LogP contribution >= 0.6 is 0 Å². The van der Waals surface area contributed by atoms with Gasteiger partial charge in [0.25, 0.3) is 0 Å². The summed E-state index contributed by atoms with van der Waals surface area (Å²) < 4.78 is 31.9. The molecule has 3 rings (SSSR count). The Hall–Kier alpha value is -3.27. The first-order valence-electron chi connectivity index (χ1n) is 12.9. The van der Waals surface area contributed by atoms with E-state index >= 15 is 0 Å². The van der Waals surface area contributed by atoms with Crippen molar-refractivity contribution in [2.45, 2.75) is 59.4 Å². The van der Waals surface area contributed by atoms with E-state index in [1.807, 2.05) is 48.5 Å². The van der Waals surface area contributed by atoms with Crippen molar-refractivity contribution < 1.29 is 18.3 Å². The number of hydrogen-bond donors (Lipinski definition) is 1. The van der Waals surface area contributed by atoms with Gasteiger partial charge in [0.15, 0.2) is 19.9 Å². The number of rotatable bonds is 9. The van der Waals surface area contributed by atoms with E-state index in [-0.39, 0.29) is 16.2 Å². The number of hydrogen-bond acceptors (Lipinski definition) is 4. The minimum Gasteiger partial charge on any atom is -0.494 e. The second-order valence-corrected chi connectivity index (χ2v) is 16.4. The Balaban J connectivity index is 1.94. The second kappa shape index (κ2) is 12.1. The third kappa shape index (κ3) is 7.86. The number of methoxy groups -OCH3 is 1. The predicted octanol–water partition coefficient (Wildman–Crippen LogP) is 8.56. The minimum absolute atomic E-state index is 0.127. The van der Waals surface area contributed by atoms with Gasteiger partial charge in [-0.05, 0) is 61.8 Å². The van der Waals surface area contributed by atoms with Crippen molar-refractivity contribution in [1.29, 1.82) is 0 Å². The van der Waals surface area contributed by atoms with Gasteiger partial charge in [0.1, 0.15) is 12.4 Å². The summed E-state index contributed by atoms with van der Waals surface area (Å²) in [7, 11) is -0.458. The molecule has 0 fully saturated rings. The van der Waals surface area contributed by atoms with Crippen LogP contribution in [0.4, 0.5) is 15.8 Å². The number of nitrogens with one attached hydrogen (secondary N) is 1. The summed E-state index contributed by atoms with van der Waals surface area (Å²) in [6, 6.07) is 20.5. The molecule has 3 aromatic rings. The summed E-state index contributed by atoms with van der Waals surface area (Å²) in [5.74, 6) is 7.25. The Kier molecular flexibility index (Phi) is 9.30. The van der Waals surface area contributed by atoms with Gasteiger partial charge in [0.2, 0.25) is 0 Å². The summed E-state index contributed by atoms with van der Waals surface area (Å²) in [5, 5.41) is 3.50. The summed E-state index contributed by atoms with van der Waals surface area (Å²) >= 11 is 0. The third-order valence-electron chi connectivity index (χ3n) is 6.82. The lowest BCUT2D eigenvalue weighted by molar-refractivity contribution is 0.209. The average molecular weight is 534 g/mol. The molecule has 202 valence electrons. The zero-order chi connectivity index (χ0) is 28.0. The van der Waals surface area contributed by atoms with Crippen LogP contribution in [0, 0.1) is 23.1 Å². The molecule has 0 aromatic heterocycles. The van der Waals surface area contributed by atoms with E-state index in [4.69, 9.17) is 13.9 Å². The fourth-order valence-corrected chi connectivity index (χ4v) is 4.51. The van der Waals surface area contributed by atoms with Gasteiger partial charge < -0.3 is 19.2 Å². The maximum absolute atomic E-state index is 14.0. The van der Waals surface area contributed by atoms with E-state index in [0.717, 1.165) is 16.8 Å². The molecule has 1 N–H and O–H groups in total. The number of halogens is 1. The summed E-state index contributed by atoms with van der Waals surface area (Å²) in [6.45, 7) is 16.4. The molecule has 0 spiro atoms. The maximum Gasteiger partial charge on any atom is 0.192 e. The van der Waals surface area contributed by atoms with Crippen molar-refractivity contribution in [2.24, 2.45) is 5.41 Å². The quantitative estimate of drug-likeness (QED) is 0.221. The van der Waals surface area contributed by atoms with Gasteiger partial charge in [-0.15, -0.1) is 0 Å². The van der Waals surface area contributed by atoms with E-state index in [1.54, 1.807) is 12.1 Å². The van der Waals surface area contributed by atoms with Crippen LogP contribution in [0.5, 0.6) is 11.5 Å². The first kappa shape index (κ1) is 29.3. The van der Waals surface area contributed by atoms with Crippen molar-refractivity contribution in [3.05, 3.63) is 83.7 Å². The van der Waals surface area contributed by atoms with Crippen LogP contribution in [-0.2, 0) is 11.0 Å². The van der Waals surface area contributed by atoms with Gasteiger partial charge in [-0.3, -0.25) is 0 Å². The molecule has 38 heavy (non-hydrogen) atoms. The Bertz CT molecular complexity index is 1290. The molecular formula is C32H40FNO3Si. The highest BCUT2D eigenvalue weighted by atomic mass is 28.4. The smallest absolute Gasteiger partial charge is 0.192 e. The molecule has 0 aliphatic carbocycles. The molecule has 0 saturated heterocycles. The van der Waals surface area contributed by atoms with Gasteiger partial charge in [-0.25, -0.2) is 4.39 Å². The second-order valence-electron chi connectivity index (χ2n) is 11.6. The number of anilines is 2. The highest BCUT2D eigenvalue weighted by molar-refractivity contribution is 6.74. The largest absolute Gasteiger partial charge is 0.494 e. The molecule has 6 heteroatoms. The van der Waals surface area contributed by atoms with Crippen molar-refractivity contribution in [3.8, 4) is 23.3 Å². The molecule has 0 aliphatic heterocycles. The normalized spacial score (nSPS) is 11.9. The Morgan fingerprint density at radius 1 is 0.895 bits per heavy atom. The van der Waals surface area contributed by atoms with Gasteiger partial charge in [-0.1, -0.05) is 69.0 Å². The van der Waals surface area contributed by atoms with Crippen molar-refractivity contribution >= 4 is 19.7 Å². The molecule has 0 atom stereocenters. The minimum atomic E-state index is -1.91. The Morgan fingerprint density at radius 3 is 2.26 bits per heavy atom. The van der Waals surface area contributed by atoms with Crippen LogP contribution in [0.3, 0.4) is 0 Å². The molecule has 4 nitrogen and oxygen atoms in total. The Morgan fingerprint density at radius 2 is 1.61 bits per heavy atom. The highest BCUT2D eigenvalue weighted by Crippen LogP contribution is 2.38. The van der Waals surface area contributed by atoms with E-state index in [2.05, 4.69) is 64.9 Å². The third-order valence-corrected chi connectivity index (χ3v) is 11.3. The zero-order valence-corrected chi connectivity index (χ0v) is 24.9. The van der Waals surface area contributed by atoms with Crippen molar-refractivity contribution in [1.82, 2.24) is 0 Å². The molecule has 0 heterocycles. The van der Waals surface area contributed by atoms with Crippen LogP contribution in [0.25, 0.3) is 0 Å². The Labute approximate surface area is 228 Å². The predicted molar refractivity (Wildman–Crippen MR) is 157 cm³/mol. The van der Waals surface area contributed by atoms with Gasteiger partial charge >= 0.3 is 0 Å².